The molecule has 2 rings (SSSR count). The summed E-state index contributed by atoms with van der Waals surface area (Å²) < 4.78 is 6.42. The smallest absolute Gasteiger partial charge is 0.262 e. The SMILES string of the molecule is Cc1ccccc1NC(=O)COc1ccc(Br)cc1C=NN=C(N)N. The normalized spacial score (nSPS) is 10.5. The monoisotopic (exact) mass is 403 g/mol. The summed E-state index contributed by atoms with van der Waals surface area (Å²) in [5, 5.41) is 10.1. The van der Waals surface area contributed by atoms with Crippen molar-refractivity contribution in [3.8, 4) is 5.75 Å². The molecular formula is C17H18BrN5O2. The van der Waals surface area contributed by atoms with Crippen molar-refractivity contribution >= 4 is 39.7 Å². The summed E-state index contributed by atoms with van der Waals surface area (Å²) in [5.74, 6) is 0.0772. The van der Waals surface area contributed by atoms with Gasteiger partial charge in [-0.2, -0.15) is 5.10 Å². The Labute approximate surface area is 153 Å². The summed E-state index contributed by atoms with van der Waals surface area (Å²) in [7, 11) is 0. The lowest BCUT2D eigenvalue weighted by atomic mass is 10.2. The fraction of sp³-hybridized carbons (Fsp3) is 0.118. The number of amides is 1. The number of halogens is 1. The summed E-state index contributed by atoms with van der Waals surface area (Å²) in [6, 6.07) is 12.8. The molecule has 0 spiro atoms. The predicted octanol–water partition coefficient (Wildman–Crippen LogP) is 2.38. The van der Waals surface area contributed by atoms with E-state index in [9.17, 15) is 4.79 Å². The number of aryl methyl sites for hydroxylation is 1. The first-order valence-electron chi connectivity index (χ1n) is 7.35. The first-order chi connectivity index (χ1) is 12.0. The summed E-state index contributed by atoms with van der Waals surface area (Å²) in [6.07, 6.45) is 1.44. The predicted molar refractivity (Wildman–Crippen MR) is 103 cm³/mol. The van der Waals surface area contributed by atoms with Crippen LogP contribution in [0.2, 0.25) is 0 Å². The van der Waals surface area contributed by atoms with E-state index in [0.717, 1.165) is 15.7 Å². The second-order valence-electron chi connectivity index (χ2n) is 5.10. The highest BCUT2D eigenvalue weighted by Crippen LogP contribution is 2.22. The molecule has 0 aliphatic heterocycles. The average molecular weight is 404 g/mol. The first-order valence-corrected chi connectivity index (χ1v) is 8.15. The van der Waals surface area contributed by atoms with Crippen LogP contribution in [-0.2, 0) is 4.79 Å². The molecule has 1 amide bonds. The molecule has 0 aliphatic rings. The standard InChI is InChI=1S/C17H18BrN5O2/c1-11-4-2-3-5-14(11)22-16(24)10-25-15-7-6-13(18)8-12(15)9-21-23-17(19)20/h2-9H,10H2,1H3,(H,22,24)(H4,19,20,23). The molecule has 5 N–H and O–H groups in total. The van der Waals surface area contributed by atoms with Crippen LogP contribution < -0.4 is 21.5 Å². The Kier molecular flexibility index (Phi) is 6.53. The minimum absolute atomic E-state index is 0.140. The zero-order valence-electron chi connectivity index (χ0n) is 13.6. The summed E-state index contributed by atoms with van der Waals surface area (Å²) in [4.78, 5) is 12.1. The number of para-hydroxylation sites is 1. The highest BCUT2D eigenvalue weighted by molar-refractivity contribution is 9.10. The molecule has 0 fully saturated rings. The van der Waals surface area contributed by atoms with Crippen molar-refractivity contribution in [2.24, 2.45) is 21.7 Å². The van der Waals surface area contributed by atoms with Crippen LogP contribution in [0.1, 0.15) is 11.1 Å². The van der Waals surface area contributed by atoms with Crippen molar-refractivity contribution in [2.75, 3.05) is 11.9 Å². The zero-order chi connectivity index (χ0) is 18.2. The van der Waals surface area contributed by atoms with Crippen molar-refractivity contribution in [3.05, 3.63) is 58.1 Å². The minimum atomic E-state index is -0.260. The van der Waals surface area contributed by atoms with E-state index in [2.05, 4.69) is 31.4 Å². The van der Waals surface area contributed by atoms with Gasteiger partial charge < -0.3 is 21.5 Å². The van der Waals surface area contributed by atoms with E-state index in [4.69, 9.17) is 16.2 Å². The molecule has 0 saturated carbocycles. The molecule has 0 bridgehead atoms. The van der Waals surface area contributed by atoms with E-state index >= 15 is 0 Å². The van der Waals surface area contributed by atoms with Crippen LogP contribution in [0.4, 0.5) is 5.69 Å². The summed E-state index contributed by atoms with van der Waals surface area (Å²) in [5.41, 5.74) is 12.8. The maximum absolute atomic E-state index is 12.1. The zero-order valence-corrected chi connectivity index (χ0v) is 15.2. The van der Waals surface area contributed by atoms with Crippen LogP contribution in [0.15, 0.2) is 57.1 Å². The molecule has 0 heterocycles. The number of hydrogen-bond donors (Lipinski definition) is 3. The number of rotatable bonds is 6. The largest absolute Gasteiger partial charge is 0.483 e. The van der Waals surface area contributed by atoms with Crippen molar-refractivity contribution < 1.29 is 9.53 Å². The van der Waals surface area contributed by atoms with Crippen molar-refractivity contribution in [1.82, 2.24) is 0 Å². The Hall–Kier alpha value is -2.87. The number of anilines is 1. The Bertz CT molecular complexity index is 816. The van der Waals surface area contributed by atoms with Gasteiger partial charge in [0.1, 0.15) is 5.75 Å². The van der Waals surface area contributed by atoms with Gasteiger partial charge in [0.05, 0.1) is 6.21 Å². The third-order valence-corrected chi connectivity index (χ3v) is 3.61. The number of nitrogens with zero attached hydrogens (tertiary/aromatic N) is 2. The molecule has 2 aromatic rings. The lowest BCUT2D eigenvalue weighted by Gasteiger charge is -2.11. The molecule has 0 aromatic heterocycles. The molecule has 25 heavy (non-hydrogen) atoms. The average Bonchev–Trinajstić information content (AvgIpc) is 2.56. The number of guanidine groups is 1. The maximum atomic E-state index is 12.1. The van der Waals surface area contributed by atoms with Gasteiger partial charge in [0, 0.05) is 15.7 Å². The van der Waals surface area contributed by atoms with Crippen LogP contribution >= 0.6 is 15.9 Å². The number of carbonyl (C=O) groups is 1. The van der Waals surface area contributed by atoms with Gasteiger partial charge in [-0.1, -0.05) is 34.1 Å². The Morgan fingerprint density at radius 1 is 1.28 bits per heavy atom. The Morgan fingerprint density at radius 3 is 2.76 bits per heavy atom. The molecule has 7 nitrogen and oxygen atoms in total. The Morgan fingerprint density at radius 2 is 2.04 bits per heavy atom. The van der Waals surface area contributed by atoms with Gasteiger partial charge in [0.15, 0.2) is 6.61 Å². The number of carbonyl (C=O) groups excluding carboxylic acids is 1. The highest BCUT2D eigenvalue weighted by atomic mass is 79.9. The lowest BCUT2D eigenvalue weighted by Crippen LogP contribution is -2.21. The molecular weight excluding hydrogens is 386 g/mol. The third-order valence-electron chi connectivity index (χ3n) is 3.12. The molecule has 0 unspecified atom stereocenters. The number of nitrogens with one attached hydrogen (secondary N) is 1. The molecule has 0 radical (unpaired) electrons. The van der Waals surface area contributed by atoms with Crippen molar-refractivity contribution in [3.63, 3.8) is 0 Å². The van der Waals surface area contributed by atoms with Crippen LogP contribution in [0.5, 0.6) is 5.75 Å². The summed E-state index contributed by atoms with van der Waals surface area (Å²) >= 11 is 3.37. The van der Waals surface area contributed by atoms with Gasteiger partial charge in [-0.3, -0.25) is 4.79 Å². The van der Waals surface area contributed by atoms with E-state index in [1.807, 2.05) is 31.2 Å². The second-order valence-corrected chi connectivity index (χ2v) is 6.02. The van der Waals surface area contributed by atoms with Gasteiger partial charge in [0.25, 0.3) is 5.91 Å². The molecule has 0 saturated heterocycles. The van der Waals surface area contributed by atoms with Crippen LogP contribution in [0.25, 0.3) is 0 Å². The van der Waals surface area contributed by atoms with Crippen LogP contribution in [-0.4, -0.2) is 24.7 Å². The van der Waals surface area contributed by atoms with Crippen molar-refractivity contribution in [2.45, 2.75) is 6.92 Å². The number of hydrogen-bond acceptors (Lipinski definition) is 4. The highest BCUT2D eigenvalue weighted by Gasteiger charge is 2.08. The fourth-order valence-corrected chi connectivity index (χ4v) is 2.33. The fourth-order valence-electron chi connectivity index (χ4n) is 1.95. The molecule has 0 aliphatic carbocycles. The number of nitrogens with two attached hydrogens (primary N) is 2. The molecule has 130 valence electrons. The lowest BCUT2D eigenvalue weighted by molar-refractivity contribution is -0.118. The number of benzene rings is 2. The maximum Gasteiger partial charge on any atom is 0.262 e. The first kappa shape index (κ1) is 18.5. The third kappa shape index (κ3) is 5.92. The molecule has 0 atom stereocenters. The topological polar surface area (TPSA) is 115 Å². The quantitative estimate of drug-likeness (QED) is 0.390. The van der Waals surface area contributed by atoms with E-state index < -0.39 is 0 Å². The second kappa shape index (κ2) is 8.84. The van der Waals surface area contributed by atoms with E-state index in [1.165, 1.54) is 6.21 Å². The van der Waals surface area contributed by atoms with E-state index in [1.54, 1.807) is 18.2 Å². The number of ether oxygens (including phenoxy) is 1. The van der Waals surface area contributed by atoms with Gasteiger partial charge in [0.2, 0.25) is 5.96 Å². The van der Waals surface area contributed by atoms with Crippen LogP contribution in [0.3, 0.4) is 0 Å². The molecule has 8 heteroatoms. The molecule has 2 aromatic carbocycles. The van der Waals surface area contributed by atoms with Gasteiger partial charge in [-0.25, -0.2) is 0 Å². The van der Waals surface area contributed by atoms with Crippen LogP contribution in [0, 0.1) is 6.92 Å². The van der Waals surface area contributed by atoms with Gasteiger partial charge >= 0.3 is 0 Å². The minimum Gasteiger partial charge on any atom is -0.483 e. The van der Waals surface area contributed by atoms with Gasteiger partial charge in [-0.15, -0.1) is 5.10 Å². The summed E-state index contributed by atoms with van der Waals surface area (Å²) in [6.45, 7) is 1.78. The van der Waals surface area contributed by atoms with Gasteiger partial charge in [-0.05, 0) is 36.8 Å². The Balaban J connectivity index is 2.05. The van der Waals surface area contributed by atoms with E-state index in [0.29, 0.717) is 11.3 Å². The van der Waals surface area contributed by atoms with E-state index in [-0.39, 0.29) is 18.5 Å². The van der Waals surface area contributed by atoms with Crippen molar-refractivity contribution in [1.29, 1.82) is 0 Å².